The number of hydrogen-bond donors (Lipinski definition) is 0. The Labute approximate surface area is 189 Å². The standard InChI is InChI=1S/C26H56BrP/c1-4-7-10-13-16-19-23-28(26-22-27,24-20-17-14-11-8-5-2)25-21-18-15-12-9-6-3/h28H,4-26H2,1-3H3. The predicted molar refractivity (Wildman–Crippen MR) is 142 cm³/mol. The fourth-order valence-electron chi connectivity index (χ4n) is 4.79. The van der Waals surface area contributed by atoms with Crippen LogP contribution >= 0.6 is 23.2 Å². The Balaban J connectivity index is 4.39. The summed E-state index contributed by atoms with van der Waals surface area (Å²) >= 11 is 3.85. The van der Waals surface area contributed by atoms with Crippen LogP contribution in [0.15, 0.2) is 0 Å². The predicted octanol–water partition coefficient (Wildman–Crippen LogP) is 10.2. The summed E-state index contributed by atoms with van der Waals surface area (Å²) in [7, 11) is -1.05. The van der Waals surface area contributed by atoms with Crippen molar-refractivity contribution < 1.29 is 0 Å². The molecule has 0 spiro atoms. The average molecular weight is 480 g/mol. The third-order valence-corrected chi connectivity index (χ3v) is 13.5. The molecular weight excluding hydrogens is 423 g/mol. The molecule has 0 saturated carbocycles. The van der Waals surface area contributed by atoms with E-state index in [2.05, 4.69) is 36.7 Å². The summed E-state index contributed by atoms with van der Waals surface area (Å²) in [6.45, 7) is 6.98. The Morgan fingerprint density at radius 3 is 0.964 bits per heavy atom. The molecule has 0 unspecified atom stereocenters. The zero-order valence-corrected chi connectivity index (χ0v) is 22.7. The van der Waals surface area contributed by atoms with Crippen LogP contribution in [0.2, 0.25) is 0 Å². The van der Waals surface area contributed by atoms with Crippen molar-refractivity contribution in [3.05, 3.63) is 0 Å². The molecule has 0 aliphatic heterocycles. The fraction of sp³-hybridized carbons (Fsp3) is 1.00. The molecule has 0 aliphatic rings. The Morgan fingerprint density at radius 1 is 0.393 bits per heavy atom. The van der Waals surface area contributed by atoms with Crippen LogP contribution in [-0.2, 0) is 0 Å². The first-order chi connectivity index (χ1) is 13.7. The van der Waals surface area contributed by atoms with Crippen LogP contribution < -0.4 is 0 Å². The molecule has 0 aromatic carbocycles. The molecular formula is C26H56BrP. The van der Waals surface area contributed by atoms with Gasteiger partial charge < -0.3 is 0 Å². The van der Waals surface area contributed by atoms with Crippen LogP contribution in [0, 0.1) is 0 Å². The van der Waals surface area contributed by atoms with Crippen molar-refractivity contribution in [1.82, 2.24) is 0 Å². The topological polar surface area (TPSA) is 0 Å². The van der Waals surface area contributed by atoms with E-state index < -0.39 is 7.26 Å². The van der Waals surface area contributed by atoms with Crippen LogP contribution in [-0.4, -0.2) is 30.0 Å². The first-order valence-corrected chi connectivity index (χ1v) is 17.3. The van der Waals surface area contributed by atoms with Crippen molar-refractivity contribution in [2.75, 3.05) is 30.0 Å². The second-order valence-electron chi connectivity index (χ2n) is 9.49. The number of hydrogen-bond acceptors (Lipinski definition) is 0. The molecule has 0 radical (unpaired) electrons. The van der Waals surface area contributed by atoms with E-state index in [0.29, 0.717) is 0 Å². The molecule has 28 heavy (non-hydrogen) atoms. The Kier molecular flexibility index (Phi) is 23.3. The van der Waals surface area contributed by atoms with Crippen LogP contribution in [0.5, 0.6) is 0 Å². The van der Waals surface area contributed by atoms with Crippen molar-refractivity contribution in [2.24, 2.45) is 0 Å². The molecule has 0 heterocycles. The summed E-state index contributed by atoms with van der Waals surface area (Å²) in [4.78, 5) is 0. The quantitative estimate of drug-likeness (QED) is 0.0777. The van der Waals surface area contributed by atoms with Crippen molar-refractivity contribution in [3.8, 4) is 0 Å². The maximum atomic E-state index is 3.85. The molecule has 172 valence electrons. The van der Waals surface area contributed by atoms with Crippen LogP contribution in [0.1, 0.15) is 136 Å². The second-order valence-corrected chi connectivity index (χ2v) is 15.3. The third kappa shape index (κ3) is 17.7. The molecule has 0 aromatic heterocycles. The second kappa shape index (κ2) is 22.6. The number of halogens is 1. The van der Waals surface area contributed by atoms with Crippen LogP contribution in [0.4, 0.5) is 0 Å². The first kappa shape index (κ1) is 28.9. The van der Waals surface area contributed by atoms with Gasteiger partial charge in [-0.3, -0.25) is 0 Å². The summed E-state index contributed by atoms with van der Waals surface area (Å²) in [5.41, 5.74) is 0. The average Bonchev–Trinajstić information content (AvgIpc) is 2.70. The van der Waals surface area contributed by atoms with Crippen molar-refractivity contribution in [2.45, 2.75) is 136 Å². The molecule has 0 fully saturated rings. The van der Waals surface area contributed by atoms with Gasteiger partial charge >= 0.3 is 190 Å². The zero-order chi connectivity index (χ0) is 20.8. The Bertz CT molecular complexity index is 251. The maximum absolute atomic E-state index is 3.85. The van der Waals surface area contributed by atoms with Crippen LogP contribution in [0.3, 0.4) is 0 Å². The van der Waals surface area contributed by atoms with Gasteiger partial charge in [-0.05, 0) is 0 Å². The van der Waals surface area contributed by atoms with Gasteiger partial charge in [-0.15, -0.1) is 0 Å². The van der Waals surface area contributed by atoms with Gasteiger partial charge in [-0.2, -0.15) is 0 Å². The zero-order valence-electron chi connectivity index (χ0n) is 20.1. The van der Waals surface area contributed by atoms with E-state index >= 15 is 0 Å². The SMILES string of the molecule is CCCCCCCC[PH](CCBr)(CCCCCCCC)CCCCCCCC. The van der Waals surface area contributed by atoms with E-state index in [1.807, 2.05) is 0 Å². The van der Waals surface area contributed by atoms with Gasteiger partial charge in [0.15, 0.2) is 0 Å². The van der Waals surface area contributed by atoms with Gasteiger partial charge in [0.1, 0.15) is 0 Å². The molecule has 0 atom stereocenters. The number of rotatable bonds is 23. The van der Waals surface area contributed by atoms with Gasteiger partial charge in [0.2, 0.25) is 0 Å². The molecule has 0 rings (SSSR count). The molecule has 0 saturated heterocycles. The van der Waals surface area contributed by atoms with Gasteiger partial charge in [0, 0.05) is 0 Å². The van der Waals surface area contributed by atoms with E-state index in [1.165, 1.54) is 121 Å². The molecule has 2 heteroatoms. The van der Waals surface area contributed by atoms with Gasteiger partial charge in [-0.1, -0.05) is 0 Å². The summed E-state index contributed by atoms with van der Waals surface area (Å²) in [5.74, 6) is 0. The Morgan fingerprint density at radius 2 is 0.679 bits per heavy atom. The number of unbranched alkanes of at least 4 members (excludes halogenated alkanes) is 15. The molecule has 0 nitrogen and oxygen atoms in total. The van der Waals surface area contributed by atoms with Gasteiger partial charge in [0.25, 0.3) is 0 Å². The molecule has 0 aromatic rings. The monoisotopic (exact) mass is 478 g/mol. The first-order valence-electron chi connectivity index (χ1n) is 13.3. The Hall–Kier alpha value is 0.910. The van der Waals surface area contributed by atoms with E-state index in [-0.39, 0.29) is 0 Å². The summed E-state index contributed by atoms with van der Waals surface area (Å²) in [5, 5.41) is 1.26. The third-order valence-electron chi connectivity index (χ3n) is 6.81. The van der Waals surface area contributed by atoms with Crippen LogP contribution in [0.25, 0.3) is 0 Å². The van der Waals surface area contributed by atoms with E-state index in [1.54, 1.807) is 24.6 Å². The van der Waals surface area contributed by atoms with Gasteiger partial charge in [0.05, 0.1) is 0 Å². The van der Waals surface area contributed by atoms with E-state index in [0.717, 1.165) is 0 Å². The van der Waals surface area contributed by atoms with Crippen molar-refractivity contribution >= 4 is 23.2 Å². The summed E-state index contributed by atoms with van der Waals surface area (Å²) < 4.78 is 0. The fourth-order valence-corrected chi connectivity index (χ4v) is 12.2. The normalized spacial score (nSPS) is 12.6. The molecule has 0 amide bonds. The van der Waals surface area contributed by atoms with E-state index in [9.17, 15) is 0 Å². The molecule has 0 N–H and O–H groups in total. The minimum absolute atomic E-state index is 1.05. The van der Waals surface area contributed by atoms with Gasteiger partial charge in [-0.25, -0.2) is 0 Å². The van der Waals surface area contributed by atoms with Crippen molar-refractivity contribution in [1.29, 1.82) is 0 Å². The van der Waals surface area contributed by atoms with Crippen molar-refractivity contribution in [3.63, 3.8) is 0 Å². The number of alkyl halides is 1. The summed E-state index contributed by atoms with van der Waals surface area (Å²) in [6, 6.07) is 0. The molecule has 0 aliphatic carbocycles. The van der Waals surface area contributed by atoms with E-state index in [4.69, 9.17) is 0 Å². The minimum atomic E-state index is -1.05. The summed E-state index contributed by atoms with van der Waals surface area (Å²) in [6.07, 6.45) is 32.9. The molecule has 0 bridgehead atoms.